The van der Waals surface area contributed by atoms with Crippen molar-refractivity contribution in [1.29, 1.82) is 0 Å². The van der Waals surface area contributed by atoms with Crippen LogP contribution in [-0.4, -0.2) is 18.2 Å². The molecule has 1 N–H and O–H groups in total. The summed E-state index contributed by atoms with van der Waals surface area (Å²) in [4.78, 5) is 12.7. The summed E-state index contributed by atoms with van der Waals surface area (Å²) in [7, 11) is 3.25. The van der Waals surface area contributed by atoms with Crippen molar-refractivity contribution >= 4 is 16.6 Å². The van der Waals surface area contributed by atoms with Crippen molar-refractivity contribution in [3.63, 3.8) is 0 Å². The highest BCUT2D eigenvalue weighted by Crippen LogP contribution is 2.35. The molecule has 0 aliphatic carbocycles. The molecule has 2 rings (SSSR count). The molecule has 5 heteroatoms. The van der Waals surface area contributed by atoms with Gasteiger partial charge in [0.1, 0.15) is 0 Å². The molecule has 0 saturated heterocycles. The van der Waals surface area contributed by atoms with Gasteiger partial charge in [0.25, 0.3) is 5.56 Å². The van der Waals surface area contributed by atoms with E-state index in [1.807, 2.05) is 38.1 Å². The standard InChI is InChI=1S/C20H28N2O3/c1-6-9-12-21-14-10-11-16-17(13-14)22(4)20(23)19(24-5)18(16)25-15(7-2)8-3/h7,10-11,13,21H,6,8-9,12H2,1-5H3. The first kappa shape index (κ1) is 18.9. The molecular weight excluding hydrogens is 316 g/mol. The van der Waals surface area contributed by atoms with Crippen LogP contribution in [0.5, 0.6) is 11.5 Å². The summed E-state index contributed by atoms with van der Waals surface area (Å²) in [6.07, 6.45) is 4.89. The van der Waals surface area contributed by atoms with Crippen LogP contribution in [0.4, 0.5) is 5.69 Å². The number of nitrogens with zero attached hydrogens (tertiary/aromatic N) is 1. The predicted molar refractivity (Wildman–Crippen MR) is 104 cm³/mol. The van der Waals surface area contributed by atoms with Crippen LogP contribution in [0, 0.1) is 0 Å². The first-order chi connectivity index (χ1) is 12.1. The number of hydrogen-bond acceptors (Lipinski definition) is 4. The minimum atomic E-state index is -0.206. The van der Waals surface area contributed by atoms with Crippen molar-refractivity contribution in [3.8, 4) is 11.5 Å². The molecule has 0 aliphatic rings. The van der Waals surface area contributed by atoms with Crippen molar-refractivity contribution in [3.05, 3.63) is 40.4 Å². The van der Waals surface area contributed by atoms with E-state index in [2.05, 4.69) is 12.2 Å². The predicted octanol–water partition coefficient (Wildman–Crippen LogP) is 4.45. The number of ether oxygens (including phenoxy) is 2. The highest BCUT2D eigenvalue weighted by molar-refractivity contribution is 5.90. The van der Waals surface area contributed by atoms with Crippen molar-refractivity contribution in [1.82, 2.24) is 4.57 Å². The summed E-state index contributed by atoms with van der Waals surface area (Å²) < 4.78 is 13.0. The maximum atomic E-state index is 12.7. The summed E-state index contributed by atoms with van der Waals surface area (Å²) in [5.74, 6) is 1.52. The molecular formula is C20H28N2O3. The van der Waals surface area contributed by atoms with Gasteiger partial charge >= 0.3 is 0 Å². The Morgan fingerprint density at radius 1 is 1.28 bits per heavy atom. The molecule has 1 heterocycles. The summed E-state index contributed by atoms with van der Waals surface area (Å²) >= 11 is 0. The number of anilines is 1. The molecule has 0 atom stereocenters. The first-order valence-corrected chi connectivity index (χ1v) is 8.84. The van der Waals surface area contributed by atoms with E-state index in [1.165, 1.54) is 7.11 Å². The molecule has 0 unspecified atom stereocenters. The number of aryl methyl sites for hydroxylation is 1. The van der Waals surface area contributed by atoms with Gasteiger partial charge in [-0.15, -0.1) is 0 Å². The second-order valence-corrected chi connectivity index (χ2v) is 5.95. The van der Waals surface area contributed by atoms with Crippen molar-refractivity contribution < 1.29 is 9.47 Å². The zero-order valence-corrected chi connectivity index (χ0v) is 15.8. The smallest absolute Gasteiger partial charge is 0.297 e. The Bertz CT molecular complexity index is 822. The lowest BCUT2D eigenvalue weighted by molar-refractivity contribution is 0.351. The Labute approximate surface area is 149 Å². The van der Waals surface area contributed by atoms with Gasteiger partial charge in [0, 0.05) is 31.1 Å². The third-order valence-corrected chi connectivity index (χ3v) is 4.28. The number of fused-ring (bicyclic) bond motifs is 1. The maximum absolute atomic E-state index is 12.7. The van der Waals surface area contributed by atoms with Crippen LogP contribution >= 0.6 is 0 Å². The van der Waals surface area contributed by atoms with Gasteiger partial charge in [-0.25, -0.2) is 0 Å². The van der Waals surface area contributed by atoms with E-state index in [4.69, 9.17) is 9.47 Å². The van der Waals surface area contributed by atoms with Crippen LogP contribution in [0.2, 0.25) is 0 Å². The van der Waals surface area contributed by atoms with Crippen LogP contribution in [0.15, 0.2) is 34.8 Å². The second-order valence-electron chi connectivity index (χ2n) is 5.95. The third kappa shape index (κ3) is 3.98. The number of aromatic nitrogens is 1. The van der Waals surface area contributed by atoms with Crippen LogP contribution in [0.3, 0.4) is 0 Å². The number of nitrogens with one attached hydrogen (secondary N) is 1. The van der Waals surface area contributed by atoms with Gasteiger partial charge in [-0.2, -0.15) is 0 Å². The van der Waals surface area contributed by atoms with Gasteiger partial charge in [0.2, 0.25) is 5.75 Å². The Hall–Kier alpha value is -2.43. The van der Waals surface area contributed by atoms with E-state index < -0.39 is 0 Å². The van der Waals surface area contributed by atoms with Crippen LogP contribution in [-0.2, 0) is 7.05 Å². The number of methoxy groups -OCH3 is 1. The van der Waals surface area contributed by atoms with Gasteiger partial charge in [-0.05, 0) is 37.6 Å². The molecule has 0 fully saturated rings. The minimum Gasteiger partial charge on any atom is -0.488 e. The van der Waals surface area contributed by atoms with Crippen molar-refractivity contribution in [2.75, 3.05) is 19.0 Å². The first-order valence-electron chi connectivity index (χ1n) is 8.84. The van der Waals surface area contributed by atoms with Crippen LogP contribution in [0.1, 0.15) is 40.0 Å². The Balaban J connectivity index is 2.61. The largest absolute Gasteiger partial charge is 0.488 e. The molecule has 1 aromatic heterocycles. The highest BCUT2D eigenvalue weighted by atomic mass is 16.5. The fourth-order valence-electron chi connectivity index (χ4n) is 2.75. The number of unbranched alkanes of at least 4 members (excludes halogenated alkanes) is 1. The number of pyridine rings is 1. The molecule has 1 aromatic carbocycles. The van der Waals surface area contributed by atoms with E-state index in [0.29, 0.717) is 5.75 Å². The van der Waals surface area contributed by atoms with Crippen LogP contribution in [0.25, 0.3) is 10.9 Å². The van der Waals surface area contributed by atoms with Crippen LogP contribution < -0.4 is 20.3 Å². The van der Waals surface area contributed by atoms with Gasteiger partial charge in [0.15, 0.2) is 5.75 Å². The zero-order chi connectivity index (χ0) is 18.4. The molecule has 0 saturated carbocycles. The summed E-state index contributed by atoms with van der Waals surface area (Å²) in [6.45, 7) is 7.01. The van der Waals surface area contributed by atoms with Gasteiger partial charge in [-0.3, -0.25) is 4.79 Å². The summed E-state index contributed by atoms with van der Waals surface area (Å²) in [5, 5.41) is 4.25. The van der Waals surface area contributed by atoms with E-state index in [9.17, 15) is 4.79 Å². The number of allylic oxidation sites excluding steroid dienone is 2. The summed E-state index contributed by atoms with van der Waals surface area (Å²) in [6, 6.07) is 5.97. The fraction of sp³-hybridized carbons (Fsp3) is 0.450. The second kappa shape index (κ2) is 8.60. The molecule has 0 radical (unpaired) electrons. The quantitative estimate of drug-likeness (QED) is 0.568. The Kier molecular flexibility index (Phi) is 6.51. The van der Waals surface area contributed by atoms with Crippen molar-refractivity contribution in [2.24, 2.45) is 7.05 Å². The Morgan fingerprint density at radius 2 is 2.04 bits per heavy atom. The molecule has 0 bridgehead atoms. The average molecular weight is 344 g/mol. The molecule has 2 aromatic rings. The fourth-order valence-corrected chi connectivity index (χ4v) is 2.75. The number of benzene rings is 1. The lowest BCUT2D eigenvalue weighted by Crippen LogP contribution is -2.20. The SMILES string of the molecule is CC=C(CC)Oc1c(OC)c(=O)n(C)c2cc(NCCCC)ccc12. The molecule has 0 aliphatic heterocycles. The average Bonchev–Trinajstić information content (AvgIpc) is 2.63. The molecule has 0 amide bonds. The van der Waals surface area contributed by atoms with Gasteiger partial charge < -0.3 is 19.4 Å². The Morgan fingerprint density at radius 3 is 2.64 bits per heavy atom. The molecule has 136 valence electrons. The lowest BCUT2D eigenvalue weighted by atomic mass is 10.1. The third-order valence-electron chi connectivity index (χ3n) is 4.28. The lowest BCUT2D eigenvalue weighted by Gasteiger charge is -2.17. The van der Waals surface area contributed by atoms with Gasteiger partial charge in [-0.1, -0.05) is 20.3 Å². The highest BCUT2D eigenvalue weighted by Gasteiger charge is 2.18. The van der Waals surface area contributed by atoms with Crippen molar-refractivity contribution in [2.45, 2.75) is 40.0 Å². The summed E-state index contributed by atoms with van der Waals surface area (Å²) in [5.41, 5.74) is 1.60. The minimum absolute atomic E-state index is 0.206. The normalized spacial score (nSPS) is 11.6. The monoisotopic (exact) mass is 344 g/mol. The van der Waals surface area contributed by atoms with E-state index >= 15 is 0 Å². The van der Waals surface area contributed by atoms with Gasteiger partial charge in [0.05, 0.1) is 18.4 Å². The molecule has 0 spiro atoms. The topological polar surface area (TPSA) is 52.5 Å². The van der Waals surface area contributed by atoms with E-state index in [-0.39, 0.29) is 11.3 Å². The zero-order valence-electron chi connectivity index (χ0n) is 15.8. The number of rotatable bonds is 8. The molecule has 25 heavy (non-hydrogen) atoms. The number of hydrogen-bond donors (Lipinski definition) is 1. The van der Waals surface area contributed by atoms with E-state index in [1.54, 1.807) is 11.6 Å². The molecule has 5 nitrogen and oxygen atoms in total. The van der Waals surface area contributed by atoms with E-state index in [0.717, 1.165) is 48.2 Å². The maximum Gasteiger partial charge on any atom is 0.297 e.